The van der Waals surface area contributed by atoms with Gasteiger partial charge in [-0.15, -0.1) is 16.9 Å². The zero-order chi connectivity index (χ0) is 18.9. The second kappa shape index (κ2) is 9.75. The van der Waals surface area contributed by atoms with E-state index in [1.165, 1.54) is 23.5 Å². The van der Waals surface area contributed by atoms with Crippen molar-refractivity contribution >= 4 is 35.1 Å². The summed E-state index contributed by atoms with van der Waals surface area (Å²) in [5, 5.41) is 23.9. The summed E-state index contributed by atoms with van der Waals surface area (Å²) in [4.78, 5) is 13.2. The molecule has 2 aromatic carbocycles. The molecule has 9 heteroatoms. The van der Waals surface area contributed by atoms with E-state index < -0.39 is 0 Å². The maximum Gasteiger partial charge on any atom is 0.234 e. The van der Waals surface area contributed by atoms with Crippen molar-refractivity contribution in [1.82, 2.24) is 20.2 Å². The average Bonchev–Trinajstić information content (AvgIpc) is 3.13. The molecule has 0 bridgehead atoms. The van der Waals surface area contributed by atoms with E-state index in [4.69, 9.17) is 5.26 Å². The molecule has 0 fully saturated rings. The summed E-state index contributed by atoms with van der Waals surface area (Å²) >= 11 is 2.67. The van der Waals surface area contributed by atoms with Gasteiger partial charge in [-0.2, -0.15) is 5.26 Å². The Morgan fingerprint density at radius 1 is 1.11 bits per heavy atom. The third-order valence-corrected chi connectivity index (χ3v) is 5.36. The summed E-state index contributed by atoms with van der Waals surface area (Å²) in [6, 6.07) is 19.4. The number of rotatable bonds is 8. The highest BCUT2D eigenvalue weighted by atomic mass is 32.2. The molecule has 0 aliphatic carbocycles. The predicted molar refractivity (Wildman–Crippen MR) is 105 cm³/mol. The highest BCUT2D eigenvalue weighted by molar-refractivity contribution is 8.00. The molecule has 1 heterocycles. The van der Waals surface area contributed by atoms with Crippen molar-refractivity contribution in [3.05, 3.63) is 60.2 Å². The van der Waals surface area contributed by atoms with Crippen LogP contribution in [0.4, 0.5) is 5.69 Å². The van der Waals surface area contributed by atoms with Crippen molar-refractivity contribution in [3.63, 3.8) is 0 Å². The molecular formula is C18H16N6OS2. The molecule has 1 N–H and O–H groups in total. The zero-order valence-corrected chi connectivity index (χ0v) is 15.9. The Labute approximate surface area is 165 Å². The van der Waals surface area contributed by atoms with Gasteiger partial charge in [-0.1, -0.05) is 54.2 Å². The number of aromatic nitrogens is 4. The Kier molecular flexibility index (Phi) is 6.84. The van der Waals surface area contributed by atoms with Crippen LogP contribution in [0.15, 0.2) is 64.6 Å². The van der Waals surface area contributed by atoms with E-state index in [1.807, 2.05) is 54.6 Å². The Morgan fingerprint density at radius 3 is 2.70 bits per heavy atom. The summed E-state index contributed by atoms with van der Waals surface area (Å²) in [6.07, 6.45) is 0. The average molecular weight is 397 g/mol. The number of carbonyl (C=O) groups excluding carboxylic acids is 1. The number of nitriles is 1. The van der Waals surface area contributed by atoms with E-state index in [9.17, 15) is 4.79 Å². The molecule has 0 spiro atoms. The number of anilines is 1. The van der Waals surface area contributed by atoms with Gasteiger partial charge >= 0.3 is 0 Å². The van der Waals surface area contributed by atoms with Gasteiger partial charge in [-0.05, 0) is 28.1 Å². The maximum atomic E-state index is 12.3. The monoisotopic (exact) mass is 396 g/mol. The number of hydrogen-bond donors (Lipinski definition) is 1. The first-order valence-corrected chi connectivity index (χ1v) is 10.0. The van der Waals surface area contributed by atoms with Crippen molar-refractivity contribution in [2.75, 3.05) is 16.8 Å². The van der Waals surface area contributed by atoms with E-state index >= 15 is 0 Å². The summed E-state index contributed by atoms with van der Waals surface area (Å²) in [5.74, 6) is 0.363. The van der Waals surface area contributed by atoms with Crippen LogP contribution in [0.25, 0.3) is 0 Å². The van der Waals surface area contributed by atoms with Gasteiger partial charge in [0.15, 0.2) is 0 Å². The standard InChI is InChI=1S/C18H16N6OS2/c19-10-11-26-16-9-5-4-8-15(16)20-17(25)13-27-18-21-22-23-24(18)12-14-6-2-1-3-7-14/h1-9H,11-13H2,(H,20,25). The fourth-order valence-corrected chi connectivity index (χ4v) is 3.62. The van der Waals surface area contributed by atoms with E-state index in [1.54, 1.807) is 4.68 Å². The van der Waals surface area contributed by atoms with Gasteiger partial charge in [-0.3, -0.25) is 4.79 Å². The van der Waals surface area contributed by atoms with Crippen LogP contribution < -0.4 is 5.32 Å². The SMILES string of the molecule is N#CCSc1ccccc1NC(=O)CSc1nnnn1Cc1ccccc1. The molecule has 1 amide bonds. The lowest BCUT2D eigenvalue weighted by molar-refractivity contribution is -0.113. The molecule has 0 aliphatic heterocycles. The molecule has 0 saturated carbocycles. The fraction of sp³-hybridized carbons (Fsp3) is 0.167. The molecule has 0 saturated heterocycles. The Morgan fingerprint density at radius 2 is 1.89 bits per heavy atom. The Bertz CT molecular complexity index is 938. The molecule has 1 aromatic heterocycles. The summed E-state index contributed by atoms with van der Waals surface area (Å²) in [7, 11) is 0. The van der Waals surface area contributed by atoms with Gasteiger partial charge in [0, 0.05) is 4.90 Å². The van der Waals surface area contributed by atoms with Gasteiger partial charge in [0.05, 0.1) is 29.8 Å². The Hall–Kier alpha value is -2.83. The molecule has 7 nitrogen and oxygen atoms in total. The first kappa shape index (κ1) is 18.9. The predicted octanol–water partition coefficient (Wildman–Crippen LogP) is 3.07. The van der Waals surface area contributed by atoms with Crippen LogP contribution in [0.1, 0.15) is 5.56 Å². The molecule has 0 atom stereocenters. The van der Waals surface area contributed by atoms with Crippen molar-refractivity contribution in [3.8, 4) is 6.07 Å². The van der Waals surface area contributed by atoms with Crippen LogP contribution >= 0.6 is 23.5 Å². The van der Waals surface area contributed by atoms with Crippen molar-refractivity contribution < 1.29 is 4.79 Å². The number of amides is 1. The summed E-state index contributed by atoms with van der Waals surface area (Å²) in [6.45, 7) is 0.547. The van der Waals surface area contributed by atoms with Crippen molar-refractivity contribution in [1.29, 1.82) is 5.26 Å². The zero-order valence-electron chi connectivity index (χ0n) is 14.3. The summed E-state index contributed by atoms with van der Waals surface area (Å²) < 4.78 is 1.67. The highest BCUT2D eigenvalue weighted by Gasteiger charge is 2.12. The highest BCUT2D eigenvalue weighted by Crippen LogP contribution is 2.27. The first-order valence-electron chi connectivity index (χ1n) is 8.08. The van der Waals surface area contributed by atoms with Crippen LogP contribution in [0, 0.1) is 11.3 Å². The third kappa shape index (κ3) is 5.57. The molecule has 3 aromatic rings. The van der Waals surface area contributed by atoms with Gasteiger partial charge in [-0.25, -0.2) is 4.68 Å². The number of tetrazole rings is 1. The minimum atomic E-state index is -0.153. The van der Waals surface area contributed by atoms with Gasteiger partial charge in [0.25, 0.3) is 0 Å². The second-order valence-corrected chi connectivity index (χ2v) is 7.34. The fourth-order valence-electron chi connectivity index (χ4n) is 2.28. The number of hydrogen-bond acceptors (Lipinski definition) is 7. The topological polar surface area (TPSA) is 96.5 Å². The molecule has 0 unspecified atom stereocenters. The number of benzene rings is 2. The van der Waals surface area contributed by atoms with Crippen LogP contribution in [0.2, 0.25) is 0 Å². The van der Waals surface area contributed by atoms with Crippen LogP contribution in [0.3, 0.4) is 0 Å². The maximum absolute atomic E-state index is 12.3. The largest absolute Gasteiger partial charge is 0.324 e. The lowest BCUT2D eigenvalue weighted by Gasteiger charge is -2.09. The van der Waals surface area contributed by atoms with Crippen LogP contribution in [0.5, 0.6) is 0 Å². The lowest BCUT2D eigenvalue weighted by Crippen LogP contribution is -2.15. The molecule has 0 aliphatic rings. The number of thioether (sulfide) groups is 2. The molecule has 136 valence electrons. The number of para-hydroxylation sites is 1. The van der Waals surface area contributed by atoms with E-state index in [2.05, 4.69) is 26.9 Å². The van der Waals surface area contributed by atoms with E-state index in [0.717, 1.165) is 10.5 Å². The number of nitrogens with one attached hydrogen (secondary N) is 1. The van der Waals surface area contributed by atoms with Crippen LogP contribution in [-0.2, 0) is 11.3 Å². The molecule has 3 rings (SSSR count). The quantitative estimate of drug-likeness (QED) is 0.585. The lowest BCUT2D eigenvalue weighted by atomic mass is 10.2. The van der Waals surface area contributed by atoms with Crippen LogP contribution in [-0.4, -0.2) is 37.6 Å². The normalized spacial score (nSPS) is 10.3. The molecule has 0 radical (unpaired) electrons. The van der Waals surface area contributed by atoms with Gasteiger partial charge in [0.1, 0.15) is 0 Å². The van der Waals surface area contributed by atoms with Gasteiger partial charge < -0.3 is 5.32 Å². The smallest absolute Gasteiger partial charge is 0.234 e. The third-order valence-electron chi connectivity index (χ3n) is 3.46. The number of carbonyl (C=O) groups is 1. The van der Waals surface area contributed by atoms with Gasteiger partial charge in [0.2, 0.25) is 11.1 Å². The van der Waals surface area contributed by atoms with E-state index in [-0.39, 0.29) is 11.7 Å². The van der Waals surface area contributed by atoms with E-state index in [0.29, 0.717) is 23.1 Å². The molecule has 27 heavy (non-hydrogen) atoms. The summed E-state index contributed by atoms with van der Waals surface area (Å²) in [5.41, 5.74) is 1.78. The first-order chi connectivity index (χ1) is 13.3. The van der Waals surface area contributed by atoms with Crippen molar-refractivity contribution in [2.45, 2.75) is 16.6 Å². The second-order valence-electron chi connectivity index (χ2n) is 5.38. The minimum Gasteiger partial charge on any atom is -0.324 e. The minimum absolute atomic E-state index is 0.153. The molecular weight excluding hydrogens is 380 g/mol. The Balaban J connectivity index is 1.58. The van der Waals surface area contributed by atoms with Crippen molar-refractivity contribution in [2.24, 2.45) is 0 Å². The number of nitrogens with zero attached hydrogens (tertiary/aromatic N) is 5.